The first-order valence-electron chi connectivity index (χ1n) is 8.95. The molecule has 25 heavy (non-hydrogen) atoms. The van der Waals surface area contributed by atoms with Crippen molar-refractivity contribution in [2.75, 3.05) is 59.1 Å². The Bertz CT molecular complexity index is 396. The number of carbonyl (C=O) groups is 1. The highest BCUT2D eigenvalue weighted by Gasteiger charge is 2.27. The van der Waals surface area contributed by atoms with Gasteiger partial charge < -0.3 is 19.7 Å². The maximum atomic E-state index is 12.1. The number of nitrogens with one attached hydrogen (secondary N) is 1. The lowest BCUT2D eigenvalue weighted by atomic mass is 10.2. The number of carbonyl (C=O) groups excluding carboxylic acids is 1. The summed E-state index contributed by atoms with van der Waals surface area (Å²) >= 11 is 0. The topological polar surface area (TPSA) is 54.0 Å². The number of rotatable bonds is 8. The summed E-state index contributed by atoms with van der Waals surface area (Å²) in [6.45, 7) is 3.78. The minimum atomic E-state index is -4.26. The second-order valence-corrected chi connectivity index (χ2v) is 6.51. The van der Waals surface area contributed by atoms with Gasteiger partial charge in [0.25, 0.3) is 0 Å². The first-order valence-corrected chi connectivity index (χ1v) is 8.95. The number of ether oxygens (including phenoxy) is 2. The molecule has 0 aromatic carbocycles. The highest BCUT2D eigenvalue weighted by atomic mass is 19.4. The van der Waals surface area contributed by atoms with Gasteiger partial charge in [-0.05, 0) is 25.7 Å². The molecule has 1 atom stereocenters. The van der Waals surface area contributed by atoms with Gasteiger partial charge in [-0.3, -0.25) is 4.90 Å². The van der Waals surface area contributed by atoms with Crippen LogP contribution in [0.1, 0.15) is 25.7 Å². The monoisotopic (exact) mass is 367 g/mol. The molecule has 2 aliphatic heterocycles. The molecule has 0 saturated carbocycles. The number of piperazine rings is 1. The van der Waals surface area contributed by atoms with Gasteiger partial charge in [-0.25, -0.2) is 4.79 Å². The molecular weight excluding hydrogens is 339 g/mol. The van der Waals surface area contributed by atoms with Crippen LogP contribution >= 0.6 is 0 Å². The van der Waals surface area contributed by atoms with Crippen molar-refractivity contribution in [3.05, 3.63) is 0 Å². The molecule has 0 aliphatic carbocycles. The Morgan fingerprint density at radius 1 is 1.24 bits per heavy atom. The van der Waals surface area contributed by atoms with Gasteiger partial charge in [0, 0.05) is 52.5 Å². The predicted molar refractivity (Wildman–Crippen MR) is 86.5 cm³/mol. The Labute approximate surface area is 146 Å². The van der Waals surface area contributed by atoms with Gasteiger partial charge in [0.1, 0.15) is 6.61 Å². The van der Waals surface area contributed by atoms with Crippen LogP contribution in [0.5, 0.6) is 0 Å². The molecule has 2 heterocycles. The van der Waals surface area contributed by atoms with Gasteiger partial charge in [-0.15, -0.1) is 0 Å². The van der Waals surface area contributed by atoms with E-state index in [1.165, 1.54) is 0 Å². The van der Waals surface area contributed by atoms with Crippen LogP contribution in [0.3, 0.4) is 0 Å². The van der Waals surface area contributed by atoms with Gasteiger partial charge in [0.15, 0.2) is 0 Å². The molecule has 2 aliphatic rings. The standard InChI is InChI=1S/C16H28F3N3O3/c17-16(18,19)13-24-11-2-6-21-7-9-22(10-8-21)15(23)20-5-4-14-3-1-12-25-14/h14H,1-13H2,(H,20,23). The Hall–Kier alpha value is -1.06. The van der Waals surface area contributed by atoms with E-state index in [1.54, 1.807) is 4.90 Å². The molecule has 6 nitrogen and oxygen atoms in total. The number of hydrogen-bond acceptors (Lipinski definition) is 4. The molecule has 2 fully saturated rings. The van der Waals surface area contributed by atoms with Crippen LogP contribution in [0, 0.1) is 0 Å². The quantitative estimate of drug-likeness (QED) is 0.666. The Morgan fingerprint density at radius 3 is 2.64 bits per heavy atom. The summed E-state index contributed by atoms with van der Waals surface area (Å²) in [6, 6.07) is -0.0499. The maximum Gasteiger partial charge on any atom is 0.411 e. The maximum absolute atomic E-state index is 12.1. The number of hydrogen-bond donors (Lipinski definition) is 1. The fourth-order valence-electron chi connectivity index (χ4n) is 3.08. The van der Waals surface area contributed by atoms with Gasteiger partial charge in [0.2, 0.25) is 0 Å². The highest BCUT2D eigenvalue weighted by molar-refractivity contribution is 5.74. The SMILES string of the molecule is O=C(NCCC1CCCO1)N1CCN(CCCOCC(F)(F)F)CC1. The summed E-state index contributed by atoms with van der Waals surface area (Å²) in [7, 11) is 0. The van der Waals surface area contributed by atoms with Gasteiger partial charge in [0.05, 0.1) is 6.10 Å². The lowest BCUT2D eigenvalue weighted by Crippen LogP contribution is -2.52. The van der Waals surface area contributed by atoms with Crippen molar-refractivity contribution in [3.8, 4) is 0 Å². The van der Waals surface area contributed by atoms with E-state index in [1.807, 2.05) is 0 Å². The van der Waals surface area contributed by atoms with Gasteiger partial charge >= 0.3 is 12.2 Å². The molecule has 146 valence electrons. The van der Waals surface area contributed by atoms with E-state index < -0.39 is 12.8 Å². The molecule has 0 aromatic heterocycles. The lowest BCUT2D eigenvalue weighted by Gasteiger charge is -2.34. The van der Waals surface area contributed by atoms with Crippen molar-refractivity contribution >= 4 is 6.03 Å². The minimum absolute atomic E-state index is 0.0499. The molecule has 2 amide bonds. The summed E-state index contributed by atoms with van der Waals surface area (Å²) in [5.74, 6) is 0. The van der Waals surface area contributed by atoms with Gasteiger partial charge in [-0.2, -0.15) is 13.2 Å². The van der Waals surface area contributed by atoms with Crippen LogP contribution in [-0.2, 0) is 9.47 Å². The van der Waals surface area contributed by atoms with E-state index in [-0.39, 0.29) is 18.7 Å². The van der Waals surface area contributed by atoms with Crippen LogP contribution in [-0.4, -0.2) is 87.2 Å². The van der Waals surface area contributed by atoms with E-state index in [0.29, 0.717) is 32.6 Å². The summed E-state index contributed by atoms with van der Waals surface area (Å²) in [4.78, 5) is 16.0. The van der Waals surface area contributed by atoms with Crippen molar-refractivity contribution in [2.45, 2.75) is 38.0 Å². The summed E-state index contributed by atoms with van der Waals surface area (Å²) in [5, 5.41) is 2.93. The zero-order valence-corrected chi connectivity index (χ0v) is 14.5. The molecule has 2 rings (SSSR count). The molecule has 9 heteroatoms. The number of amides is 2. The molecule has 1 N–H and O–H groups in total. The number of halogens is 3. The van der Waals surface area contributed by atoms with E-state index in [0.717, 1.165) is 39.0 Å². The smallest absolute Gasteiger partial charge is 0.378 e. The van der Waals surface area contributed by atoms with Crippen LogP contribution < -0.4 is 5.32 Å². The second kappa shape index (κ2) is 10.2. The third-order valence-electron chi connectivity index (χ3n) is 4.45. The molecule has 2 saturated heterocycles. The van der Waals surface area contributed by atoms with E-state index in [9.17, 15) is 18.0 Å². The van der Waals surface area contributed by atoms with E-state index in [2.05, 4.69) is 15.0 Å². The number of nitrogens with zero attached hydrogens (tertiary/aromatic N) is 2. The highest BCUT2D eigenvalue weighted by Crippen LogP contribution is 2.15. The average molecular weight is 367 g/mol. The van der Waals surface area contributed by atoms with Crippen LogP contribution in [0.2, 0.25) is 0 Å². The van der Waals surface area contributed by atoms with Crippen LogP contribution in [0.25, 0.3) is 0 Å². The zero-order valence-electron chi connectivity index (χ0n) is 14.5. The molecule has 0 bridgehead atoms. The Balaban J connectivity index is 1.49. The van der Waals surface area contributed by atoms with E-state index >= 15 is 0 Å². The fourth-order valence-corrected chi connectivity index (χ4v) is 3.08. The largest absolute Gasteiger partial charge is 0.411 e. The molecule has 0 aromatic rings. The molecule has 0 spiro atoms. The fraction of sp³-hybridized carbons (Fsp3) is 0.938. The number of urea groups is 1. The zero-order chi connectivity index (χ0) is 18.1. The minimum Gasteiger partial charge on any atom is -0.378 e. The first-order chi connectivity index (χ1) is 11.9. The van der Waals surface area contributed by atoms with Crippen LogP contribution in [0.15, 0.2) is 0 Å². The van der Waals surface area contributed by atoms with Crippen molar-refractivity contribution in [2.24, 2.45) is 0 Å². The molecule has 1 unspecified atom stereocenters. The summed E-state index contributed by atoms with van der Waals surface area (Å²) in [6.07, 6.45) is -0.407. The van der Waals surface area contributed by atoms with Crippen LogP contribution in [0.4, 0.5) is 18.0 Å². The Morgan fingerprint density at radius 2 is 2.00 bits per heavy atom. The van der Waals surface area contributed by atoms with E-state index in [4.69, 9.17) is 4.74 Å². The second-order valence-electron chi connectivity index (χ2n) is 6.51. The third kappa shape index (κ3) is 8.24. The normalized spacial score (nSPS) is 22.4. The average Bonchev–Trinajstić information content (AvgIpc) is 3.07. The summed E-state index contributed by atoms with van der Waals surface area (Å²) in [5.41, 5.74) is 0. The number of alkyl halides is 3. The van der Waals surface area contributed by atoms with Crippen molar-refractivity contribution in [1.29, 1.82) is 0 Å². The summed E-state index contributed by atoms with van der Waals surface area (Å²) < 4.78 is 46.0. The first kappa shape index (κ1) is 20.3. The van der Waals surface area contributed by atoms with Crippen molar-refractivity contribution in [1.82, 2.24) is 15.1 Å². The van der Waals surface area contributed by atoms with Crippen molar-refractivity contribution in [3.63, 3.8) is 0 Å². The molecule has 0 radical (unpaired) electrons. The Kier molecular flexibility index (Phi) is 8.25. The third-order valence-corrected chi connectivity index (χ3v) is 4.45. The molecular formula is C16H28F3N3O3. The predicted octanol–water partition coefficient (Wildman–Crippen LogP) is 1.85. The lowest BCUT2D eigenvalue weighted by molar-refractivity contribution is -0.174. The van der Waals surface area contributed by atoms with Crippen molar-refractivity contribution < 1.29 is 27.4 Å². The van der Waals surface area contributed by atoms with Gasteiger partial charge in [-0.1, -0.05) is 0 Å².